The molecule has 2 aromatic heterocycles. The van der Waals surface area contributed by atoms with Crippen molar-refractivity contribution in [3.05, 3.63) is 47.9 Å². The number of rotatable bonds is 4. The van der Waals surface area contributed by atoms with Crippen LogP contribution >= 0.6 is 0 Å². The molecule has 2 fully saturated rings. The first-order chi connectivity index (χ1) is 13.1. The third-order valence-electron chi connectivity index (χ3n) is 5.40. The van der Waals surface area contributed by atoms with Gasteiger partial charge in [0, 0.05) is 25.8 Å². The average Bonchev–Trinajstić information content (AvgIpc) is 3.28. The Morgan fingerprint density at radius 3 is 2.74 bits per heavy atom. The lowest BCUT2D eigenvalue weighted by molar-refractivity contribution is -0.135. The maximum atomic E-state index is 13.1. The summed E-state index contributed by atoms with van der Waals surface area (Å²) in [6.45, 7) is 2.66. The van der Waals surface area contributed by atoms with E-state index in [-0.39, 0.29) is 17.0 Å². The minimum absolute atomic E-state index is 0.175. The van der Waals surface area contributed by atoms with Crippen molar-refractivity contribution in [2.24, 2.45) is 5.41 Å². The highest BCUT2D eigenvalue weighted by molar-refractivity contribution is 5.87. The molecule has 4 rings (SSSR count). The van der Waals surface area contributed by atoms with Crippen molar-refractivity contribution in [1.82, 2.24) is 20.1 Å². The first-order valence-electron chi connectivity index (χ1n) is 8.98. The highest BCUT2D eigenvalue weighted by Crippen LogP contribution is 2.42. The smallest absolute Gasteiger partial charge is 0.358 e. The van der Waals surface area contributed by atoms with E-state index in [0.29, 0.717) is 18.9 Å². The Labute approximate surface area is 157 Å². The second kappa shape index (κ2) is 6.94. The second-order valence-corrected chi connectivity index (χ2v) is 7.02. The van der Waals surface area contributed by atoms with Crippen molar-refractivity contribution in [2.45, 2.75) is 19.4 Å². The van der Waals surface area contributed by atoms with Gasteiger partial charge in [-0.15, -0.1) is 10.2 Å². The monoisotopic (exact) mass is 367 g/mol. The zero-order valence-corrected chi connectivity index (χ0v) is 15.2. The number of ether oxygens (including phenoxy) is 1. The van der Waals surface area contributed by atoms with Crippen LogP contribution in [0.5, 0.6) is 0 Å². The number of pyridine rings is 1. The third kappa shape index (κ3) is 3.22. The van der Waals surface area contributed by atoms with Gasteiger partial charge in [0.2, 0.25) is 5.91 Å². The van der Waals surface area contributed by atoms with Gasteiger partial charge in [0.1, 0.15) is 0 Å². The Bertz CT molecular complexity index is 842. The van der Waals surface area contributed by atoms with Crippen LogP contribution in [-0.4, -0.2) is 58.7 Å². The van der Waals surface area contributed by atoms with E-state index >= 15 is 0 Å². The molecular weight excluding hydrogens is 346 g/mol. The highest BCUT2D eigenvalue weighted by Gasteiger charge is 2.51. The Morgan fingerprint density at radius 1 is 1.19 bits per heavy atom. The fraction of sp³-hybridized carbons (Fsp3) is 0.421. The molecule has 1 atom stereocenters. The van der Waals surface area contributed by atoms with Gasteiger partial charge in [-0.1, -0.05) is 6.07 Å². The van der Waals surface area contributed by atoms with E-state index in [2.05, 4.69) is 24.8 Å². The van der Waals surface area contributed by atoms with Crippen LogP contribution in [0.1, 0.15) is 29.0 Å². The van der Waals surface area contributed by atoms with Crippen LogP contribution in [-0.2, 0) is 16.1 Å². The van der Waals surface area contributed by atoms with E-state index in [1.54, 1.807) is 18.3 Å². The Hall–Kier alpha value is -3.03. The Balaban J connectivity index is 1.44. The number of carbonyl (C=O) groups excluding carboxylic acids is 2. The van der Waals surface area contributed by atoms with E-state index < -0.39 is 5.97 Å². The topological polar surface area (TPSA) is 88.5 Å². The largest absolute Gasteiger partial charge is 0.464 e. The zero-order valence-electron chi connectivity index (χ0n) is 15.2. The molecule has 0 N–H and O–H groups in total. The van der Waals surface area contributed by atoms with E-state index in [1.165, 1.54) is 7.11 Å². The Kier molecular flexibility index (Phi) is 4.47. The summed E-state index contributed by atoms with van der Waals surface area (Å²) in [7, 11) is 1.31. The minimum Gasteiger partial charge on any atom is -0.464 e. The number of methoxy groups -OCH3 is 1. The lowest BCUT2D eigenvalue weighted by Crippen LogP contribution is -2.37. The molecule has 4 heterocycles. The maximum Gasteiger partial charge on any atom is 0.358 e. The average molecular weight is 367 g/mol. The number of nitrogens with zero attached hydrogens (tertiary/aromatic N) is 5. The van der Waals surface area contributed by atoms with Gasteiger partial charge in [0.25, 0.3) is 0 Å². The number of esters is 1. The summed E-state index contributed by atoms with van der Waals surface area (Å²) in [5, 5.41) is 8.07. The molecule has 1 amide bonds. The van der Waals surface area contributed by atoms with Gasteiger partial charge in [0.05, 0.1) is 24.8 Å². The SMILES string of the molecule is COC(=O)c1ccc(N2CCC3(CCN(Cc4ccccn4)C3=O)C2)nn1. The number of anilines is 1. The van der Waals surface area contributed by atoms with Crippen LogP contribution in [0, 0.1) is 5.41 Å². The van der Waals surface area contributed by atoms with Crippen LogP contribution < -0.4 is 4.90 Å². The Morgan fingerprint density at radius 2 is 2.04 bits per heavy atom. The van der Waals surface area contributed by atoms with Crippen molar-refractivity contribution in [2.75, 3.05) is 31.6 Å². The molecule has 0 bridgehead atoms. The minimum atomic E-state index is -0.511. The second-order valence-electron chi connectivity index (χ2n) is 7.02. The maximum absolute atomic E-state index is 13.1. The third-order valence-corrected chi connectivity index (χ3v) is 5.40. The molecule has 0 radical (unpaired) electrons. The molecule has 2 aromatic rings. The van der Waals surface area contributed by atoms with Crippen LogP contribution in [0.2, 0.25) is 0 Å². The summed E-state index contributed by atoms with van der Waals surface area (Å²) in [6.07, 6.45) is 3.38. The van der Waals surface area contributed by atoms with E-state index in [1.807, 2.05) is 23.1 Å². The predicted octanol–water partition coefficient (Wildman–Crippen LogP) is 1.29. The standard InChI is InChI=1S/C19H21N5O3/c1-27-17(25)15-5-6-16(22-21-15)24-11-8-19(13-24)7-10-23(18(19)26)12-14-4-2-3-9-20-14/h2-6,9H,7-8,10-13H2,1H3. The van der Waals surface area contributed by atoms with Gasteiger partial charge >= 0.3 is 5.97 Å². The first kappa shape index (κ1) is 17.4. The van der Waals surface area contributed by atoms with Gasteiger partial charge in [-0.2, -0.15) is 0 Å². The molecule has 140 valence electrons. The molecule has 8 nitrogen and oxygen atoms in total. The van der Waals surface area contributed by atoms with Gasteiger partial charge in [0.15, 0.2) is 11.5 Å². The highest BCUT2D eigenvalue weighted by atomic mass is 16.5. The quantitative estimate of drug-likeness (QED) is 0.752. The van der Waals surface area contributed by atoms with Crippen LogP contribution in [0.3, 0.4) is 0 Å². The molecular formula is C19H21N5O3. The number of hydrogen-bond acceptors (Lipinski definition) is 7. The van der Waals surface area contributed by atoms with Crippen molar-refractivity contribution in [3.63, 3.8) is 0 Å². The number of hydrogen-bond donors (Lipinski definition) is 0. The molecule has 0 aliphatic carbocycles. The van der Waals surface area contributed by atoms with Gasteiger partial charge in [-0.3, -0.25) is 9.78 Å². The van der Waals surface area contributed by atoms with Crippen molar-refractivity contribution < 1.29 is 14.3 Å². The van der Waals surface area contributed by atoms with Gasteiger partial charge < -0.3 is 14.5 Å². The number of likely N-dealkylation sites (tertiary alicyclic amines) is 1. The predicted molar refractivity (Wildman–Crippen MR) is 96.9 cm³/mol. The summed E-state index contributed by atoms with van der Waals surface area (Å²) >= 11 is 0. The fourth-order valence-corrected chi connectivity index (χ4v) is 3.88. The summed E-state index contributed by atoms with van der Waals surface area (Å²) in [6, 6.07) is 9.11. The van der Waals surface area contributed by atoms with Crippen molar-refractivity contribution in [3.8, 4) is 0 Å². The fourth-order valence-electron chi connectivity index (χ4n) is 3.88. The van der Waals surface area contributed by atoms with Crippen LogP contribution in [0.15, 0.2) is 36.5 Å². The van der Waals surface area contributed by atoms with Gasteiger partial charge in [-0.05, 0) is 37.1 Å². The summed E-state index contributed by atoms with van der Waals surface area (Å²) in [4.78, 5) is 32.8. The lowest BCUT2D eigenvalue weighted by atomic mass is 9.85. The van der Waals surface area contributed by atoms with Crippen LogP contribution in [0.4, 0.5) is 5.82 Å². The molecule has 1 spiro atoms. The van der Waals surface area contributed by atoms with Crippen LogP contribution in [0.25, 0.3) is 0 Å². The molecule has 2 saturated heterocycles. The number of aromatic nitrogens is 3. The molecule has 0 aromatic carbocycles. The van der Waals surface area contributed by atoms with E-state index in [4.69, 9.17) is 0 Å². The molecule has 27 heavy (non-hydrogen) atoms. The molecule has 1 unspecified atom stereocenters. The van der Waals surface area contributed by atoms with E-state index in [9.17, 15) is 9.59 Å². The van der Waals surface area contributed by atoms with Gasteiger partial charge in [-0.25, -0.2) is 4.79 Å². The number of amides is 1. The first-order valence-corrected chi connectivity index (χ1v) is 8.98. The molecule has 2 aliphatic rings. The summed E-state index contributed by atoms with van der Waals surface area (Å²) in [5.74, 6) is 0.355. The van der Waals surface area contributed by atoms with Crippen molar-refractivity contribution >= 4 is 17.7 Å². The zero-order chi connectivity index (χ0) is 18.9. The number of carbonyl (C=O) groups is 2. The molecule has 8 heteroatoms. The molecule has 0 saturated carbocycles. The summed E-state index contributed by atoms with van der Waals surface area (Å²) < 4.78 is 4.64. The lowest BCUT2D eigenvalue weighted by Gasteiger charge is -2.23. The van der Waals surface area contributed by atoms with Crippen molar-refractivity contribution in [1.29, 1.82) is 0 Å². The van der Waals surface area contributed by atoms with E-state index in [0.717, 1.165) is 31.6 Å². The molecule has 2 aliphatic heterocycles. The normalized spacial score (nSPS) is 21.9. The summed E-state index contributed by atoms with van der Waals surface area (Å²) in [5.41, 5.74) is 0.716.